The van der Waals surface area contributed by atoms with E-state index in [1.807, 2.05) is 6.07 Å². The van der Waals surface area contributed by atoms with Crippen molar-refractivity contribution in [3.05, 3.63) is 112 Å². The second kappa shape index (κ2) is 10.9. The molecule has 0 bridgehead atoms. The summed E-state index contributed by atoms with van der Waals surface area (Å²) < 4.78 is 46.4. The first-order chi connectivity index (χ1) is 17.3. The molecule has 2 N–H and O–H groups in total. The average Bonchev–Trinajstić information content (AvgIpc) is 2.86. The third-order valence-corrected chi connectivity index (χ3v) is 5.13. The third kappa shape index (κ3) is 5.97. The second-order valence-corrected chi connectivity index (χ2v) is 7.76. The van der Waals surface area contributed by atoms with Crippen LogP contribution in [-0.2, 0) is 6.54 Å². The molecule has 0 saturated carbocycles. The molecule has 4 aromatic rings. The van der Waals surface area contributed by atoms with Crippen LogP contribution in [0.25, 0.3) is 0 Å². The summed E-state index contributed by atoms with van der Waals surface area (Å²) in [7, 11) is 0. The number of hydrogen-bond acceptors (Lipinski definition) is 5. The number of carbonyl (C=O) groups excluding carboxylic acids is 2. The molecule has 0 fully saturated rings. The summed E-state index contributed by atoms with van der Waals surface area (Å²) in [4.78, 5) is 33.3. The van der Waals surface area contributed by atoms with Gasteiger partial charge in [-0.1, -0.05) is 35.9 Å². The van der Waals surface area contributed by atoms with Crippen molar-refractivity contribution in [2.75, 3.05) is 5.32 Å². The first kappa shape index (κ1) is 24.7. The van der Waals surface area contributed by atoms with Crippen molar-refractivity contribution < 1.29 is 27.5 Å². The van der Waals surface area contributed by atoms with Crippen LogP contribution in [0.4, 0.5) is 19.0 Å². The van der Waals surface area contributed by atoms with Crippen LogP contribution in [0.5, 0.6) is 11.6 Å². The number of rotatable bonds is 7. The molecule has 0 aliphatic heterocycles. The Morgan fingerprint density at radius 2 is 1.61 bits per heavy atom. The van der Waals surface area contributed by atoms with Crippen molar-refractivity contribution in [2.24, 2.45) is 0 Å². The molecule has 1 heterocycles. The molecular formula is C25H16ClF3N4O3. The van der Waals surface area contributed by atoms with Crippen molar-refractivity contribution >= 4 is 29.2 Å². The van der Waals surface area contributed by atoms with Gasteiger partial charge in [0.1, 0.15) is 11.6 Å². The number of anilines is 1. The summed E-state index contributed by atoms with van der Waals surface area (Å²) in [6.07, 6.45) is 2.55. The molecule has 0 spiro atoms. The zero-order chi connectivity index (χ0) is 25.7. The number of para-hydroxylation sites is 1. The highest BCUT2D eigenvalue weighted by atomic mass is 35.5. The molecule has 0 radical (unpaired) electrons. The van der Waals surface area contributed by atoms with Gasteiger partial charge in [-0.15, -0.1) is 0 Å². The van der Waals surface area contributed by atoms with Gasteiger partial charge in [0.05, 0.1) is 28.5 Å². The second-order valence-electron chi connectivity index (χ2n) is 7.35. The highest BCUT2D eigenvalue weighted by Gasteiger charge is 2.20. The maximum atomic E-state index is 14.4. The summed E-state index contributed by atoms with van der Waals surface area (Å²) in [6, 6.07) is 13.8. The average molecular weight is 513 g/mol. The number of nitrogens with zero attached hydrogens (tertiary/aromatic N) is 2. The molecule has 0 aliphatic carbocycles. The number of carbonyl (C=O) groups is 2. The van der Waals surface area contributed by atoms with Crippen LogP contribution in [-0.4, -0.2) is 21.8 Å². The fourth-order valence-electron chi connectivity index (χ4n) is 3.05. The number of aromatic nitrogens is 2. The van der Waals surface area contributed by atoms with Crippen LogP contribution in [0.2, 0.25) is 5.02 Å². The van der Waals surface area contributed by atoms with Gasteiger partial charge in [-0.05, 0) is 42.0 Å². The number of amides is 2. The van der Waals surface area contributed by atoms with Crippen molar-refractivity contribution in [1.82, 2.24) is 15.3 Å². The molecular weight excluding hydrogens is 497 g/mol. The van der Waals surface area contributed by atoms with Gasteiger partial charge in [0.25, 0.3) is 11.8 Å². The van der Waals surface area contributed by atoms with E-state index in [1.54, 1.807) is 24.3 Å². The lowest BCUT2D eigenvalue weighted by molar-refractivity contribution is 0.0947. The Kier molecular flexibility index (Phi) is 7.45. The van der Waals surface area contributed by atoms with Gasteiger partial charge in [-0.25, -0.2) is 23.1 Å². The van der Waals surface area contributed by atoms with E-state index < -0.39 is 34.8 Å². The molecule has 2 amide bonds. The number of halogens is 4. The van der Waals surface area contributed by atoms with E-state index in [9.17, 15) is 22.8 Å². The van der Waals surface area contributed by atoms with E-state index in [-0.39, 0.29) is 34.4 Å². The van der Waals surface area contributed by atoms with Gasteiger partial charge in [0.15, 0.2) is 17.5 Å². The molecule has 182 valence electrons. The van der Waals surface area contributed by atoms with E-state index in [1.165, 1.54) is 18.5 Å². The Labute approximate surface area is 207 Å². The zero-order valence-corrected chi connectivity index (χ0v) is 19.0. The van der Waals surface area contributed by atoms with Crippen LogP contribution in [0.1, 0.15) is 26.3 Å². The molecule has 7 nitrogen and oxygen atoms in total. The summed E-state index contributed by atoms with van der Waals surface area (Å²) >= 11 is 6.02. The minimum Gasteiger partial charge on any atom is -0.438 e. The summed E-state index contributed by atoms with van der Waals surface area (Å²) in [5.74, 6) is -3.93. The van der Waals surface area contributed by atoms with E-state index in [4.69, 9.17) is 16.3 Å². The maximum absolute atomic E-state index is 14.4. The third-order valence-electron chi connectivity index (χ3n) is 4.82. The summed E-state index contributed by atoms with van der Waals surface area (Å²) in [6.45, 7) is -0.202. The van der Waals surface area contributed by atoms with Gasteiger partial charge >= 0.3 is 0 Å². The highest BCUT2D eigenvalue weighted by Crippen LogP contribution is 2.23. The van der Waals surface area contributed by atoms with Gasteiger partial charge < -0.3 is 15.4 Å². The predicted molar refractivity (Wildman–Crippen MR) is 125 cm³/mol. The molecule has 0 atom stereocenters. The molecule has 36 heavy (non-hydrogen) atoms. The monoisotopic (exact) mass is 512 g/mol. The van der Waals surface area contributed by atoms with Gasteiger partial charge in [0, 0.05) is 6.54 Å². The van der Waals surface area contributed by atoms with Crippen LogP contribution in [0.3, 0.4) is 0 Å². The maximum Gasteiger partial charge on any atom is 0.258 e. The number of hydrogen-bond donors (Lipinski definition) is 2. The first-order valence-electron chi connectivity index (χ1n) is 10.4. The predicted octanol–water partition coefficient (Wildman–Crippen LogP) is 5.52. The number of ether oxygens (including phenoxy) is 1. The molecule has 4 rings (SSSR count). The fourth-order valence-corrected chi connectivity index (χ4v) is 3.29. The van der Waals surface area contributed by atoms with Crippen molar-refractivity contribution in [2.45, 2.75) is 6.54 Å². The Balaban J connectivity index is 1.44. The first-order valence-corrected chi connectivity index (χ1v) is 10.8. The Hall–Kier alpha value is -4.44. The Bertz CT molecular complexity index is 1420. The smallest absolute Gasteiger partial charge is 0.258 e. The minimum atomic E-state index is -1.08. The lowest BCUT2D eigenvalue weighted by atomic mass is 10.1. The quantitative estimate of drug-likeness (QED) is 0.340. The topological polar surface area (TPSA) is 93.2 Å². The molecule has 0 aliphatic rings. The van der Waals surface area contributed by atoms with Crippen molar-refractivity contribution in [3.63, 3.8) is 0 Å². The zero-order valence-electron chi connectivity index (χ0n) is 18.3. The highest BCUT2D eigenvalue weighted by molar-refractivity contribution is 6.34. The van der Waals surface area contributed by atoms with Crippen LogP contribution >= 0.6 is 11.6 Å². The molecule has 11 heteroatoms. The normalized spacial score (nSPS) is 10.6. The molecule has 3 aromatic carbocycles. The van der Waals surface area contributed by atoms with E-state index in [2.05, 4.69) is 20.6 Å². The van der Waals surface area contributed by atoms with Crippen LogP contribution in [0.15, 0.2) is 73.1 Å². The SMILES string of the molecule is O=C(NCc1ccc(F)c(F)c1)c1cc(C(=O)Nc2cnc(Oc3ccccc3)cn2)c(Cl)cc1F. The standard InChI is InChI=1S/C25H16ClF3N4O3/c26-18-10-20(28)17(24(34)32-11-14-6-7-19(27)21(29)8-14)9-16(18)25(35)33-22-12-31-23(13-30-22)36-15-4-2-1-3-5-15/h1-10,12-13H,11H2,(H,32,34)(H,30,33,35). The lowest BCUT2D eigenvalue weighted by Gasteiger charge is -2.11. The largest absolute Gasteiger partial charge is 0.438 e. The van der Waals surface area contributed by atoms with Crippen LogP contribution in [0, 0.1) is 17.5 Å². The Morgan fingerprint density at radius 1 is 0.833 bits per heavy atom. The van der Waals surface area contributed by atoms with Crippen LogP contribution < -0.4 is 15.4 Å². The fraction of sp³-hybridized carbons (Fsp3) is 0.0400. The summed E-state index contributed by atoms with van der Waals surface area (Å²) in [5, 5.41) is 4.61. The van der Waals surface area contributed by atoms with Crippen molar-refractivity contribution in [3.8, 4) is 11.6 Å². The van der Waals surface area contributed by atoms with E-state index in [0.29, 0.717) is 5.75 Å². The van der Waals surface area contributed by atoms with E-state index >= 15 is 0 Å². The molecule has 1 aromatic heterocycles. The van der Waals surface area contributed by atoms with Crippen molar-refractivity contribution in [1.29, 1.82) is 0 Å². The summed E-state index contributed by atoms with van der Waals surface area (Å²) in [5.41, 5.74) is -0.403. The number of benzene rings is 3. The minimum absolute atomic E-state index is 0.0603. The number of nitrogens with one attached hydrogen (secondary N) is 2. The molecule has 0 saturated heterocycles. The Morgan fingerprint density at radius 3 is 2.31 bits per heavy atom. The van der Waals surface area contributed by atoms with Gasteiger partial charge in [0.2, 0.25) is 5.88 Å². The van der Waals surface area contributed by atoms with Gasteiger partial charge in [-0.2, -0.15) is 0 Å². The lowest BCUT2D eigenvalue weighted by Crippen LogP contribution is -2.25. The molecule has 0 unspecified atom stereocenters. The van der Waals surface area contributed by atoms with Gasteiger partial charge in [-0.3, -0.25) is 9.59 Å². The van der Waals surface area contributed by atoms with E-state index in [0.717, 1.165) is 24.3 Å².